The lowest BCUT2D eigenvalue weighted by Gasteiger charge is -2.00. The van der Waals surface area contributed by atoms with Crippen molar-refractivity contribution in [2.24, 2.45) is 0 Å². The Hall–Kier alpha value is -0.260. The van der Waals surface area contributed by atoms with Gasteiger partial charge in [-0.3, -0.25) is 0 Å². The molecule has 0 aromatic rings. The predicted molar refractivity (Wildman–Crippen MR) is 94.0 cm³/mol. The van der Waals surface area contributed by atoms with Crippen LogP contribution in [-0.4, -0.2) is 0 Å². The Balaban J connectivity index is 3.01. The fourth-order valence-corrected chi connectivity index (χ4v) is 2.60. The molecular weight excluding hydrogens is 240 g/mol. The van der Waals surface area contributed by atoms with Crippen molar-refractivity contribution >= 4 is 0 Å². The monoisotopic (exact) mass is 279 g/mol. The van der Waals surface area contributed by atoms with Gasteiger partial charge in [-0.25, -0.2) is 0 Å². The summed E-state index contributed by atoms with van der Waals surface area (Å²) >= 11 is 0. The summed E-state index contributed by atoms with van der Waals surface area (Å²) in [4.78, 5) is 0. The van der Waals surface area contributed by atoms with E-state index < -0.39 is 0 Å². The van der Waals surface area contributed by atoms with Crippen molar-refractivity contribution in [3.63, 3.8) is 0 Å². The third-order valence-corrected chi connectivity index (χ3v) is 4.01. The highest BCUT2D eigenvalue weighted by atomic mass is 14.0. The van der Waals surface area contributed by atoms with Crippen molar-refractivity contribution in [2.75, 3.05) is 0 Å². The topological polar surface area (TPSA) is 0 Å². The molecule has 0 aromatic carbocycles. The molecule has 0 heteroatoms. The summed E-state index contributed by atoms with van der Waals surface area (Å²) in [6.07, 6.45) is 26.8. The molecule has 0 saturated carbocycles. The van der Waals surface area contributed by atoms with Crippen LogP contribution in [-0.2, 0) is 0 Å². The Morgan fingerprint density at radius 3 is 1.40 bits per heavy atom. The van der Waals surface area contributed by atoms with Crippen LogP contribution in [0.1, 0.15) is 110 Å². The Morgan fingerprint density at radius 1 is 0.550 bits per heavy atom. The van der Waals surface area contributed by atoms with Gasteiger partial charge in [-0.2, -0.15) is 0 Å². The molecule has 0 spiro atoms. The zero-order valence-corrected chi connectivity index (χ0v) is 14.2. The van der Waals surface area contributed by atoms with Gasteiger partial charge in [0.2, 0.25) is 0 Å². The van der Waals surface area contributed by atoms with Crippen LogP contribution in [0.25, 0.3) is 0 Å². The molecule has 0 aliphatic heterocycles. The summed E-state index contributed by atoms with van der Waals surface area (Å²) in [6, 6.07) is 0. The van der Waals surface area contributed by atoms with E-state index in [-0.39, 0.29) is 0 Å². The van der Waals surface area contributed by atoms with E-state index in [4.69, 9.17) is 0 Å². The zero-order chi connectivity index (χ0) is 14.7. The molecule has 0 aliphatic carbocycles. The van der Waals surface area contributed by atoms with Gasteiger partial charge in [0.1, 0.15) is 0 Å². The minimum absolute atomic E-state index is 1.12. The third-order valence-electron chi connectivity index (χ3n) is 4.01. The van der Waals surface area contributed by atoms with Gasteiger partial charge < -0.3 is 0 Å². The summed E-state index contributed by atoms with van der Waals surface area (Å²) in [5.41, 5.74) is 0. The van der Waals surface area contributed by atoms with E-state index in [1.54, 1.807) is 0 Å². The first-order valence-corrected chi connectivity index (χ1v) is 9.36. The van der Waals surface area contributed by atoms with Crippen molar-refractivity contribution in [2.45, 2.75) is 110 Å². The van der Waals surface area contributed by atoms with E-state index in [9.17, 15) is 0 Å². The molecule has 0 unspecified atom stereocenters. The highest BCUT2D eigenvalue weighted by Gasteiger charge is 1.91. The molecule has 0 amide bonds. The van der Waals surface area contributed by atoms with Gasteiger partial charge >= 0.3 is 0 Å². The lowest BCUT2D eigenvalue weighted by Crippen LogP contribution is -1.81. The van der Waals surface area contributed by atoms with Crippen LogP contribution >= 0.6 is 0 Å². The molecule has 0 aromatic heterocycles. The minimum Gasteiger partial charge on any atom is -0.0885 e. The molecule has 1 radical (unpaired) electrons. The van der Waals surface area contributed by atoms with Crippen molar-refractivity contribution in [1.29, 1.82) is 0 Å². The number of allylic oxidation sites excluding steroid dienone is 2. The van der Waals surface area contributed by atoms with Crippen molar-refractivity contribution in [3.05, 3.63) is 19.1 Å². The summed E-state index contributed by atoms with van der Waals surface area (Å²) in [5.74, 6) is 0. The van der Waals surface area contributed by atoms with Crippen LogP contribution in [0.5, 0.6) is 0 Å². The fourth-order valence-electron chi connectivity index (χ4n) is 2.60. The minimum atomic E-state index is 1.12. The normalized spacial score (nSPS) is 11.5. The lowest BCUT2D eigenvalue weighted by molar-refractivity contribution is 0.570. The van der Waals surface area contributed by atoms with E-state index in [2.05, 4.69) is 26.0 Å². The van der Waals surface area contributed by atoms with E-state index in [0.717, 1.165) is 6.42 Å². The number of hydrogen-bond donors (Lipinski definition) is 0. The Morgan fingerprint density at radius 2 is 0.950 bits per heavy atom. The Bertz CT molecular complexity index is 180. The molecule has 119 valence electrons. The first kappa shape index (κ1) is 19.7. The van der Waals surface area contributed by atoms with Crippen LogP contribution in [0.15, 0.2) is 12.2 Å². The SMILES string of the molecule is [CH2]CCCCCCCCCCC=CCCCCCCC. The summed E-state index contributed by atoms with van der Waals surface area (Å²) < 4.78 is 0. The standard InChI is InChI=1S/C20H39/c1-3-5-7-9-11-13-15-17-19-20-18-16-14-12-10-8-6-4-2/h16,18H,1,3-15,17,19-20H2,2H3. The van der Waals surface area contributed by atoms with E-state index in [1.165, 1.54) is 96.3 Å². The predicted octanol–water partition coefficient (Wildman–Crippen LogP) is 7.64. The molecule has 0 nitrogen and oxygen atoms in total. The maximum atomic E-state index is 3.89. The van der Waals surface area contributed by atoms with Gasteiger partial charge in [0.15, 0.2) is 0 Å². The molecule has 0 saturated heterocycles. The smallest absolute Gasteiger partial charge is 0.0351 e. The fraction of sp³-hybridized carbons (Fsp3) is 0.850. The third kappa shape index (κ3) is 17.7. The highest BCUT2D eigenvalue weighted by molar-refractivity contribution is 4.81. The molecule has 0 atom stereocenters. The molecule has 0 heterocycles. The second-order valence-corrected chi connectivity index (χ2v) is 6.14. The van der Waals surface area contributed by atoms with Gasteiger partial charge in [0.05, 0.1) is 0 Å². The lowest BCUT2D eigenvalue weighted by atomic mass is 10.1. The van der Waals surface area contributed by atoms with Gasteiger partial charge in [-0.15, -0.1) is 0 Å². The number of unbranched alkanes of at least 4 members (excludes halogenated alkanes) is 14. The second kappa shape index (κ2) is 18.7. The van der Waals surface area contributed by atoms with Gasteiger partial charge in [0, 0.05) is 0 Å². The van der Waals surface area contributed by atoms with Crippen LogP contribution in [0.2, 0.25) is 0 Å². The highest BCUT2D eigenvalue weighted by Crippen LogP contribution is 2.11. The first-order chi connectivity index (χ1) is 9.91. The Kier molecular flexibility index (Phi) is 18.5. The molecule has 0 bridgehead atoms. The summed E-state index contributed by atoms with van der Waals surface area (Å²) in [7, 11) is 0. The average molecular weight is 280 g/mol. The second-order valence-electron chi connectivity index (χ2n) is 6.14. The van der Waals surface area contributed by atoms with Crippen molar-refractivity contribution in [3.8, 4) is 0 Å². The van der Waals surface area contributed by atoms with Gasteiger partial charge in [-0.05, 0) is 25.7 Å². The molecule has 0 rings (SSSR count). The molecule has 0 fully saturated rings. The summed E-state index contributed by atoms with van der Waals surface area (Å²) in [5, 5.41) is 0. The van der Waals surface area contributed by atoms with Crippen molar-refractivity contribution < 1.29 is 0 Å². The maximum absolute atomic E-state index is 3.89. The van der Waals surface area contributed by atoms with E-state index in [1.807, 2.05) is 0 Å². The Labute approximate surface area is 129 Å². The maximum Gasteiger partial charge on any atom is -0.0351 e. The molecule has 20 heavy (non-hydrogen) atoms. The van der Waals surface area contributed by atoms with Crippen LogP contribution in [0.3, 0.4) is 0 Å². The van der Waals surface area contributed by atoms with Gasteiger partial charge in [0.25, 0.3) is 0 Å². The van der Waals surface area contributed by atoms with Gasteiger partial charge in [-0.1, -0.05) is 103 Å². The largest absolute Gasteiger partial charge is 0.0885 e. The van der Waals surface area contributed by atoms with E-state index >= 15 is 0 Å². The van der Waals surface area contributed by atoms with Crippen LogP contribution in [0, 0.1) is 6.92 Å². The van der Waals surface area contributed by atoms with Crippen LogP contribution < -0.4 is 0 Å². The quantitative estimate of drug-likeness (QED) is 0.201. The zero-order valence-electron chi connectivity index (χ0n) is 14.2. The number of rotatable bonds is 16. The van der Waals surface area contributed by atoms with Crippen LogP contribution in [0.4, 0.5) is 0 Å². The molecule has 0 aliphatic rings. The average Bonchev–Trinajstić information content (AvgIpc) is 2.47. The van der Waals surface area contributed by atoms with Crippen molar-refractivity contribution in [1.82, 2.24) is 0 Å². The number of hydrogen-bond acceptors (Lipinski definition) is 0. The first-order valence-electron chi connectivity index (χ1n) is 9.36. The molecular formula is C20H39. The van der Waals surface area contributed by atoms with E-state index in [0.29, 0.717) is 0 Å². The molecule has 0 N–H and O–H groups in total. The summed E-state index contributed by atoms with van der Waals surface area (Å²) in [6.45, 7) is 6.17.